The summed E-state index contributed by atoms with van der Waals surface area (Å²) in [6.07, 6.45) is 2.89. The highest BCUT2D eigenvalue weighted by Gasteiger charge is 2.12. The van der Waals surface area contributed by atoms with Crippen LogP contribution in [0, 0.1) is 0 Å². The van der Waals surface area contributed by atoms with Crippen molar-refractivity contribution < 1.29 is 9.53 Å². The lowest BCUT2D eigenvalue weighted by Crippen LogP contribution is -2.31. The van der Waals surface area contributed by atoms with E-state index in [1.807, 2.05) is 24.3 Å². The summed E-state index contributed by atoms with van der Waals surface area (Å²) >= 11 is 0. The third-order valence-corrected chi connectivity index (χ3v) is 3.47. The molecule has 23 heavy (non-hydrogen) atoms. The average Bonchev–Trinajstić information content (AvgIpc) is 2.60. The Morgan fingerprint density at radius 3 is 2.74 bits per heavy atom. The number of pyridine rings is 1. The summed E-state index contributed by atoms with van der Waals surface area (Å²) in [4.78, 5) is 28.7. The molecule has 1 amide bonds. The van der Waals surface area contributed by atoms with Gasteiger partial charge < -0.3 is 10.1 Å². The first-order valence-electron chi connectivity index (χ1n) is 7.06. The summed E-state index contributed by atoms with van der Waals surface area (Å²) < 4.78 is 6.43. The van der Waals surface area contributed by atoms with Crippen molar-refractivity contribution in [1.82, 2.24) is 14.7 Å². The van der Waals surface area contributed by atoms with Crippen LogP contribution < -0.4 is 15.6 Å². The molecule has 0 spiro atoms. The van der Waals surface area contributed by atoms with Gasteiger partial charge in [0.25, 0.3) is 11.5 Å². The van der Waals surface area contributed by atoms with Crippen molar-refractivity contribution in [2.24, 2.45) is 0 Å². The molecule has 3 rings (SSSR count). The second kappa shape index (κ2) is 6.31. The number of fused-ring (bicyclic) bond motifs is 1. The number of benzene rings is 1. The Bertz CT molecular complexity index is 901. The number of carbonyl (C=O) groups is 1. The van der Waals surface area contributed by atoms with Gasteiger partial charge in [0, 0.05) is 18.9 Å². The Labute approximate surface area is 132 Å². The first-order valence-corrected chi connectivity index (χ1v) is 7.06. The molecule has 1 aromatic carbocycles. The molecule has 0 bridgehead atoms. The zero-order chi connectivity index (χ0) is 16.2. The topological polar surface area (TPSA) is 72.7 Å². The van der Waals surface area contributed by atoms with E-state index in [0.29, 0.717) is 12.2 Å². The highest BCUT2D eigenvalue weighted by molar-refractivity contribution is 5.93. The third kappa shape index (κ3) is 3.06. The van der Waals surface area contributed by atoms with E-state index in [1.165, 1.54) is 10.6 Å². The van der Waals surface area contributed by atoms with Gasteiger partial charge in [-0.15, -0.1) is 0 Å². The molecule has 2 heterocycles. The Hall–Kier alpha value is -3.15. The summed E-state index contributed by atoms with van der Waals surface area (Å²) in [5, 5.41) is 2.73. The first-order chi connectivity index (χ1) is 11.2. The maximum atomic E-state index is 12.3. The minimum atomic E-state index is -0.448. The third-order valence-electron chi connectivity index (χ3n) is 3.47. The van der Waals surface area contributed by atoms with Crippen LogP contribution in [0.5, 0.6) is 5.75 Å². The SMILES string of the molecule is COc1ccc(CNC(=O)c2cnc3ccccn3c2=O)cc1. The standard InChI is InChI=1S/C17H15N3O3/c1-23-13-7-5-12(6-8-13)10-19-16(21)14-11-18-15-4-2-3-9-20(15)17(14)22/h2-9,11H,10H2,1H3,(H,19,21). The van der Waals surface area contributed by atoms with Gasteiger partial charge in [-0.1, -0.05) is 18.2 Å². The summed E-state index contributed by atoms with van der Waals surface area (Å²) in [5.74, 6) is 0.300. The van der Waals surface area contributed by atoms with E-state index < -0.39 is 5.91 Å². The maximum Gasteiger partial charge on any atom is 0.270 e. The highest BCUT2D eigenvalue weighted by Crippen LogP contribution is 2.11. The molecule has 0 radical (unpaired) electrons. The van der Waals surface area contributed by atoms with E-state index in [4.69, 9.17) is 4.74 Å². The van der Waals surface area contributed by atoms with Crippen LogP contribution in [0.25, 0.3) is 5.65 Å². The lowest BCUT2D eigenvalue weighted by molar-refractivity contribution is 0.0949. The molecule has 0 saturated carbocycles. The second-order valence-electron chi connectivity index (χ2n) is 4.94. The summed E-state index contributed by atoms with van der Waals surface area (Å²) in [6, 6.07) is 12.5. The first kappa shape index (κ1) is 14.8. The van der Waals surface area contributed by atoms with Crippen LogP contribution in [0.2, 0.25) is 0 Å². The second-order valence-corrected chi connectivity index (χ2v) is 4.94. The van der Waals surface area contributed by atoms with Crippen molar-refractivity contribution in [3.8, 4) is 5.75 Å². The molecule has 0 saturated heterocycles. The molecular weight excluding hydrogens is 294 g/mol. The molecule has 0 fully saturated rings. The van der Waals surface area contributed by atoms with Gasteiger partial charge in [0.2, 0.25) is 0 Å². The van der Waals surface area contributed by atoms with Gasteiger partial charge in [-0.25, -0.2) is 4.98 Å². The van der Waals surface area contributed by atoms with Crippen LogP contribution in [0.4, 0.5) is 0 Å². The predicted molar refractivity (Wildman–Crippen MR) is 85.6 cm³/mol. The van der Waals surface area contributed by atoms with Gasteiger partial charge in [0.1, 0.15) is 17.0 Å². The fourth-order valence-corrected chi connectivity index (χ4v) is 2.20. The monoisotopic (exact) mass is 309 g/mol. The van der Waals surface area contributed by atoms with Crippen LogP contribution in [0.3, 0.4) is 0 Å². The normalized spacial score (nSPS) is 10.5. The molecule has 2 aromatic heterocycles. The molecule has 6 heteroatoms. The zero-order valence-electron chi connectivity index (χ0n) is 12.5. The van der Waals surface area contributed by atoms with Crippen molar-refractivity contribution in [3.63, 3.8) is 0 Å². The molecule has 0 aliphatic carbocycles. The molecule has 0 unspecified atom stereocenters. The minimum Gasteiger partial charge on any atom is -0.497 e. The van der Waals surface area contributed by atoms with Gasteiger partial charge in [0.15, 0.2) is 0 Å². The summed E-state index contributed by atoms with van der Waals surface area (Å²) in [7, 11) is 1.59. The van der Waals surface area contributed by atoms with Gasteiger partial charge in [-0.05, 0) is 29.8 Å². The Kier molecular flexibility index (Phi) is 4.05. The Morgan fingerprint density at radius 1 is 1.22 bits per heavy atom. The van der Waals surface area contributed by atoms with Crippen molar-refractivity contribution in [2.75, 3.05) is 7.11 Å². The number of nitrogens with one attached hydrogen (secondary N) is 1. The van der Waals surface area contributed by atoms with Crippen molar-refractivity contribution in [2.45, 2.75) is 6.54 Å². The Balaban J connectivity index is 1.78. The smallest absolute Gasteiger partial charge is 0.270 e. The number of hydrogen-bond donors (Lipinski definition) is 1. The number of amides is 1. The lowest BCUT2D eigenvalue weighted by Gasteiger charge is -2.07. The number of ether oxygens (including phenoxy) is 1. The van der Waals surface area contributed by atoms with Crippen molar-refractivity contribution in [3.05, 3.63) is 76.3 Å². The summed E-state index contributed by atoms with van der Waals surface area (Å²) in [5.41, 5.74) is 1.04. The van der Waals surface area contributed by atoms with Crippen molar-refractivity contribution in [1.29, 1.82) is 0 Å². The molecular formula is C17H15N3O3. The average molecular weight is 309 g/mol. The molecule has 116 valence electrons. The van der Waals surface area contributed by atoms with Gasteiger partial charge in [-0.2, -0.15) is 0 Å². The maximum absolute atomic E-state index is 12.3. The Morgan fingerprint density at radius 2 is 2.00 bits per heavy atom. The van der Waals surface area contributed by atoms with Gasteiger partial charge >= 0.3 is 0 Å². The predicted octanol–water partition coefficient (Wildman–Crippen LogP) is 1.63. The molecule has 0 aliphatic heterocycles. The van der Waals surface area contributed by atoms with Crippen LogP contribution in [-0.4, -0.2) is 22.4 Å². The van der Waals surface area contributed by atoms with E-state index in [-0.39, 0.29) is 11.1 Å². The molecule has 6 nitrogen and oxygen atoms in total. The van der Waals surface area contributed by atoms with E-state index in [9.17, 15) is 9.59 Å². The number of carbonyl (C=O) groups excluding carboxylic acids is 1. The van der Waals surface area contributed by atoms with Crippen LogP contribution in [-0.2, 0) is 6.54 Å². The fourth-order valence-electron chi connectivity index (χ4n) is 2.20. The minimum absolute atomic E-state index is 0.0159. The summed E-state index contributed by atoms with van der Waals surface area (Å²) in [6.45, 7) is 0.319. The number of aromatic nitrogens is 2. The fraction of sp³-hybridized carbons (Fsp3) is 0.118. The van der Waals surface area contributed by atoms with E-state index in [0.717, 1.165) is 11.3 Å². The van der Waals surface area contributed by atoms with Gasteiger partial charge in [0.05, 0.1) is 7.11 Å². The van der Waals surface area contributed by atoms with E-state index in [2.05, 4.69) is 10.3 Å². The van der Waals surface area contributed by atoms with Crippen molar-refractivity contribution >= 4 is 11.6 Å². The van der Waals surface area contributed by atoms with E-state index >= 15 is 0 Å². The lowest BCUT2D eigenvalue weighted by atomic mass is 10.2. The zero-order valence-corrected chi connectivity index (χ0v) is 12.5. The quantitative estimate of drug-likeness (QED) is 0.795. The molecule has 0 atom stereocenters. The van der Waals surface area contributed by atoms with Crippen LogP contribution >= 0.6 is 0 Å². The molecule has 3 aromatic rings. The van der Waals surface area contributed by atoms with Crippen LogP contribution in [0.1, 0.15) is 15.9 Å². The van der Waals surface area contributed by atoms with E-state index in [1.54, 1.807) is 31.5 Å². The number of rotatable bonds is 4. The number of nitrogens with zero attached hydrogens (tertiary/aromatic N) is 2. The molecule has 1 N–H and O–H groups in total. The molecule has 0 aliphatic rings. The van der Waals surface area contributed by atoms with Crippen LogP contribution in [0.15, 0.2) is 59.7 Å². The highest BCUT2D eigenvalue weighted by atomic mass is 16.5. The largest absolute Gasteiger partial charge is 0.497 e. The number of methoxy groups -OCH3 is 1. The van der Waals surface area contributed by atoms with Gasteiger partial charge in [-0.3, -0.25) is 14.0 Å². The number of hydrogen-bond acceptors (Lipinski definition) is 4.